The van der Waals surface area contributed by atoms with E-state index in [-0.39, 0.29) is 24.6 Å². The van der Waals surface area contributed by atoms with Gasteiger partial charge in [-0.2, -0.15) is 0 Å². The molecule has 0 spiro atoms. The van der Waals surface area contributed by atoms with Crippen LogP contribution in [0.1, 0.15) is 32.3 Å². The maximum absolute atomic E-state index is 12.0. The van der Waals surface area contributed by atoms with Gasteiger partial charge in [0.2, 0.25) is 5.91 Å². The summed E-state index contributed by atoms with van der Waals surface area (Å²) >= 11 is 0. The van der Waals surface area contributed by atoms with Crippen molar-refractivity contribution < 1.29 is 9.90 Å². The van der Waals surface area contributed by atoms with Gasteiger partial charge >= 0.3 is 0 Å². The van der Waals surface area contributed by atoms with Crippen molar-refractivity contribution >= 4 is 5.91 Å². The SMILES string of the molecule is CCC(C)(CCO)NC(=O)Cn1cccc(C)c1=O. The summed E-state index contributed by atoms with van der Waals surface area (Å²) < 4.78 is 1.39. The Balaban J connectivity index is 2.75. The smallest absolute Gasteiger partial charge is 0.253 e. The van der Waals surface area contributed by atoms with Crippen molar-refractivity contribution in [3.05, 3.63) is 34.2 Å². The van der Waals surface area contributed by atoms with Crippen molar-refractivity contribution in [2.45, 2.75) is 45.7 Å². The van der Waals surface area contributed by atoms with E-state index in [1.807, 2.05) is 13.8 Å². The number of amides is 1. The van der Waals surface area contributed by atoms with Crippen LogP contribution in [0.2, 0.25) is 0 Å². The van der Waals surface area contributed by atoms with Gasteiger partial charge in [0.05, 0.1) is 0 Å². The summed E-state index contributed by atoms with van der Waals surface area (Å²) in [6.07, 6.45) is 2.82. The normalized spacial score (nSPS) is 13.9. The Bertz CT molecular complexity index is 496. The second-order valence-electron chi connectivity index (χ2n) is 5.06. The first kappa shape index (κ1) is 15.4. The summed E-state index contributed by atoms with van der Waals surface area (Å²) in [4.78, 5) is 23.8. The Morgan fingerprint density at radius 3 is 2.79 bits per heavy atom. The van der Waals surface area contributed by atoms with Gasteiger partial charge in [0, 0.05) is 23.9 Å². The molecule has 1 unspecified atom stereocenters. The summed E-state index contributed by atoms with van der Waals surface area (Å²) in [6, 6.07) is 3.47. The van der Waals surface area contributed by atoms with Gasteiger partial charge in [-0.1, -0.05) is 13.0 Å². The lowest BCUT2D eigenvalue weighted by molar-refractivity contribution is -0.123. The number of carbonyl (C=O) groups is 1. The average molecular weight is 266 g/mol. The van der Waals surface area contributed by atoms with Gasteiger partial charge in [-0.25, -0.2) is 0 Å². The third-order valence-corrected chi connectivity index (χ3v) is 3.41. The van der Waals surface area contributed by atoms with Crippen LogP contribution < -0.4 is 10.9 Å². The van der Waals surface area contributed by atoms with Crippen molar-refractivity contribution in [1.29, 1.82) is 0 Å². The monoisotopic (exact) mass is 266 g/mol. The minimum absolute atomic E-state index is 0.00152. The zero-order chi connectivity index (χ0) is 14.5. The molecule has 106 valence electrons. The molecule has 0 aliphatic heterocycles. The lowest BCUT2D eigenvalue weighted by atomic mass is 9.95. The molecule has 0 aliphatic carbocycles. The minimum atomic E-state index is -0.431. The molecule has 5 heteroatoms. The number of rotatable bonds is 6. The standard InChI is InChI=1S/C14H22N2O3/c1-4-14(3,7-9-17)15-12(18)10-16-8-5-6-11(2)13(16)19/h5-6,8,17H,4,7,9-10H2,1-3H3,(H,15,18). The first-order valence-electron chi connectivity index (χ1n) is 6.50. The number of aliphatic hydroxyl groups excluding tert-OH is 1. The molecular formula is C14H22N2O3. The van der Waals surface area contributed by atoms with Crippen LogP contribution in [0, 0.1) is 6.92 Å². The summed E-state index contributed by atoms with van der Waals surface area (Å²) in [5.41, 5.74) is 0.0288. The average Bonchev–Trinajstić information content (AvgIpc) is 2.35. The summed E-state index contributed by atoms with van der Waals surface area (Å²) in [6.45, 7) is 5.59. The van der Waals surface area contributed by atoms with Gasteiger partial charge in [-0.15, -0.1) is 0 Å². The van der Waals surface area contributed by atoms with E-state index in [0.717, 1.165) is 6.42 Å². The third-order valence-electron chi connectivity index (χ3n) is 3.41. The molecule has 2 N–H and O–H groups in total. The molecule has 0 bridgehead atoms. The Hall–Kier alpha value is -1.62. The van der Waals surface area contributed by atoms with Gasteiger partial charge < -0.3 is 15.0 Å². The first-order valence-corrected chi connectivity index (χ1v) is 6.50. The van der Waals surface area contributed by atoms with Crippen LogP contribution in [0.3, 0.4) is 0 Å². The van der Waals surface area contributed by atoms with Crippen molar-refractivity contribution in [2.24, 2.45) is 0 Å². The van der Waals surface area contributed by atoms with E-state index in [1.165, 1.54) is 4.57 Å². The molecule has 1 heterocycles. The maximum atomic E-state index is 12.0. The van der Waals surface area contributed by atoms with Crippen LogP contribution in [0.25, 0.3) is 0 Å². The highest BCUT2D eigenvalue weighted by molar-refractivity contribution is 5.76. The maximum Gasteiger partial charge on any atom is 0.253 e. The van der Waals surface area contributed by atoms with Crippen molar-refractivity contribution in [3.8, 4) is 0 Å². The summed E-state index contributed by atoms with van der Waals surface area (Å²) in [5.74, 6) is -0.217. The molecule has 0 aromatic carbocycles. The fourth-order valence-corrected chi connectivity index (χ4v) is 1.89. The Labute approximate surface area is 113 Å². The Kier molecular flexibility index (Phi) is 5.30. The fourth-order valence-electron chi connectivity index (χ4n) is 1.89. The van der Waals surface area contributed by atoms with Gasteiger partial charge in [0.15, 0.2) is 0 Å². The largest absolute Gasteiger partial charge is 0.396 e. The molecule has 0 fully saturated rings. The molecule has 1 amide bonds. The van der Waals surface area contributed by atoms with E-state index in [0.29, 0.717) is 12.0 Å². The van der Waals surface area contributed by atoms with Crippen LogP contribution in [0.5, 0.6) is 0 Å². The minimum Gasteiger partial charge on any atom is -0.396 e. The van der Waals surface area contributed by atoms with E-state index < -0.39 is 5.54 Å². The summed E-state index contributed by atoms with van der Waals surface area (Å²) in [7, 11) is 0. The van der Waals surface area contributed by atoms with E-state index in [9.17, 15) is 9.59 Å². The van der Waals surface area contributed by atoms with Gasteiger partial charge in [0.1, 0.15) is 6.54 Å². The third kappa shape index (κ3) is 4.21. The fraction of sp³-hybridized carbons (Fsp3) is 0.571. The number of hydrogen-bond donors (Lipinski definition) is 2. The molecule has 0 radical (unpaired) electrons. The molecule has 0 saturated heterocycles. The van der Waals surface area contributed by atoms with Crippen LogP contribution in [-0.4, -0.2) is 27.7 Å². The zero-order valence-corrected chi connectivity index (χ0v) is 11.8. The van der Waals surface area contributed by atoms with Gasteiger partial charge in [-0.3, -0.25) is 9.59 Å². The van der Waals surface area contributed by atoms with E-state index >= 15 is 0 Å². The second kappa shape index (κ2) is 6.52. The van der Waals surface area contributed by atoms with Crippen LogP contribution in [-0.2, 0) is 11.3 Å². The van der Waals surface area contributed by atoms with E-state index in [1.54, 1.807) is 25.3 Å². The van der Waals surface area contributed by atoms with Crippen LogP contribution in [0.4, 0.5) is 0 Å². The quantitative estimate of drug-likeness (QED) is 0.801. The van der Waals surface area contributed by atoms with E-state index in [4.69, 9.17) is 5.11 Å². The number of nitrogens with zero attached hydrogens (tertiary/aromatic N) is 1. The molecular weight excluding hydrogens is 244 g/mol. The highest BCUT2D eigenvalue weighted by Gasteiger charge is 2.23. The molecule has 1 atom stereocenters. The molecule has 1 aromatic rings. The Morgan fingerprint density at radius 1 is 1.53 bits per heavy atom. The van der Waals surface area contributed by atoms with Crippen molar-refractivity contribution in [2.75, 3.05) is 6.61 Å². The predicted octanol–water partition coefficient (Wildman–Crippen LogP) is 0.824. The van der Waals surface area contributed by atoms with Crippen LogP contribution >= 0.6 is 0 Å². The second-order valence-corrected chi connectivity index (χ2v) is 5.06. The van der Waals surface area contributed by atoms with Crippen molar-refractivity contribution in [1.82, 2.24) is 9.88 Å². The molecule has 1 rings (SSSR count). The Morgan fingerprint density at radius 2 is 2.21 bits per heavy atom. The number of pyridine rings is 1. The first-order chi connectivity index (χ1) is 8.91. The lowest BCUT2D eigenvalue weighted by Crippen LogP contribution is -2.48. The van der Waals surface area contributed by atoms with Gasteiger partial charge in [-0.05, 0) is 32.8 Å². The zero-order valence-electron chi connectivity index (χ0n) is 11.8. The number of aromatic nitrogens is 1. The predicted molar refractivity (Wildman–Crippen MR) is 74.0 cm³/mol. The molecule has 0 saturated carbocycles. The number of aryl methyl sites for hydroxylation is 1. The summed E-state index contributed by atoms with van der Waals surface area (Å²) in [5, 5.41) is 11.9. The number of aliphatic hydroxyl groups is 1. The number of hydrogen-bond acceptors (Lipinski definition) is 3. The number of carbonyl (C=O) groups excluding carboxylic acids is 1. The highest BCUT2D eigenvalue weighted by Crippen LogP contribution is 2.13. The molecule has 19 heavy (non-hydrogen) atoms. The molecule has 0 aliphatic rings. The van der Waals surface area contributed by atoms with Crippen LogP contribution in [0.15, 0.2) is 23.1 Å². The van der Waals surface area contributed by atoms with Gasteiger partial charge in [0.25, 0.3) is 5.56 Å². The molecule has 5 nitrogen and oxygen atoms in total. The topological polar surface area (TPSA) is 71.3 Å². The lowest BCUT2D eigenvalue weighted by Gasteiger charge is -2.29. The highest BCUT2D eigenvalue weighted by atomic mass is 16.3. The number of nitrogens with one attached hydrogen (secondary N) is 1. The van der Waals surface area contributed by atoms with Crippen molar-refractivity contribution in [3.63, 3.8) is 0 Å². The van der Waals surface area contributed by atoms with E-state index in [2.05, 4.69) is 5.32 Å². The molecule has 1 aromatic heterocycles.